The highest BCUT2D eigenvalue weighted by Gasteiger charge is 2.32. The lowest BCUT2D eigenvalue weighted by molar-refractivity contribution is -0.137. The Morgan fingerprint density at radius 2 is 2.04 bits per heavy atom. The third-order valence-corrected chi connectivity index (χ3v) is 4.13. The molecule has 122 valence electrons. The second-order valence-electron chi connectivity index (χ2n) is 5.81. The van der Waals surface area contributed by atoms with Gasteiger partial charge < -0.3 is 14.0 Å². The predicted octanol–water partition coefficient (Wildman–Crippen LogP) is 3.64. The fraction of sp³-hybridized carbons (Fsp3) is 0.438. The van der Waals surface area contributed by atoms with E-state index in [9.17, 15) is 4.79 Å². The third kappa shape index (κ3) is 3.72. The summed E-state index contributed by atoms with van der Waals surface area (Å²) in [5, 5.41) is 4.03. The van der Waals surface area contributed by atoms with Crippen LogP contribution in [-0.4, -0.2) is 22.7 Å². The summed E-state index contributed by atoms with van der Waals surface area (Å²) < 4.78 is 17.2. The smallest absolute Gasteiger partial charge is 0.306 e. The molecule has 2 heterocycles. The normalized spacial score (nSPS) is 19.0. The highest BCUT2D eigenvalue weighted by molar-refractivity contribution is 9.10. The van der Waals surface area contributed by atoms with Gasteiger partial charge in [0.25, 0.3) is 0 Å². The van der Waals surface area contributed by atoms with Gasteiger partial charge in [-0.05, 0) is 30.2 Å². The number of halogens is 1. The summed E-state index contributed by atoms with van der Waals surface area (Å²) in [5.74, 6) is 1.40. The molecule has 3 rings (SSSR count). The Hall–Kier alpha value is -1.89. The van der Waals surface area contributed by atoms with E-state index in [-0.39, 0.29) is 30.3 Å². The third-order valence-electron chi connectivity index (χ3n) is 3.60. The molecule has 0 radical (unpaired) electrons. The van der Waals surface area contributed by atoms with Crippen LogP contribution < -0.4 is 4.74 Å². The Balaban J connectivity index is 1.77. The van der Waals surface area contributed by atoms with Crippen LogP contribution in [0.1, 0.15) is 44.0 Å². The summed E-state index contributed by atoms with van der Waals surface area (Å²) in [7, 11) is 0. The molecular formula is C16H17BrN2O4. The first kappa shape index (κ1) is 16.0. The van der Waals surface area contributed by atoms with Gasteiger partial charge in [-0.2, -0.15) is 4.98 Å². The predicted molar refractivity (Wildman–Crippen MR) is 85.0 cm³/mol. The lowest BCUT2D eigenvalue weighted by atomic mass is 10.1. The molecule has 6 nitrogen and oxygen atoms in total. The van der Waals surface area contributed by atoms with Crippen molar-refractivity contribution in [2.75, 3.05) is 6.61 Å². The quantitative estimate of drug-likeness (QED) is 0.737. The van der Waals surface area contributed by atoms with Gasteiger partial charge >= 0.3 is 5.97 Å². The van der Waals surface area contributed by atoms with Gasteiger partial charge in [0, 0.05) is 4.47 Å². The molecule has 1 aromatic heterocycles. The zero-order chi connectivity index (χ0) is 16.4. The molecular weight excluding hydrogens is 364 g/mol. The average Bonchev–Trinajstić information content (AvgIpc) is 3.15. The number of nitrogens with zero attached hydrogens (tertiary/aromatic N) is 2. The topological polar surface area (TPSA) is 74.5 Å². The lowest BCUT2D eigenvalue weighted by Crippen LogP contribution is -2.16. The van der Waals surface area contributed by atoms with Crippen molar-refractivity contribution in [1.82, 2.24) is 10.1 Å². The average molecular weight is 381 g/mol. The monoisotopic (exact) mass is 380 g/mol. The molecule has 0 aliphatic carbocycles. The van der Waals surface area contributed by atoms with Crippen molar-refractivity contribution >= 4 is 21.9 Å². The summed E-state index contributed by atoms with van der Waals surface area (Å²) >= 11 is 3.40. The maximum Gasteiger partial charge on any atom is 0.306 e. The van der Waals surface area contributed by atoms with Crippen molar-refractivity contribution in [1.29, 1.82) is 0 Å². The van der Waals surface area contributed by atoms with Gasteiger partial charge in [0.2, 0.25) is 11.7 Å². The van der Waals surface area contributed by atoms with Gasteiger partial charge in [0.1, 0.15) is 12.4 Å². The van der Waals surface area contributed by atoms with Crippen LogP contribution in [0.25, 0.3) is 0 Å². The number of carbonyl (C=O) groups excluding carboxylic acids is 1. The molecule has 0 spiro atoms. The second kappa shape index (κ2) is 6.70. The number of aromatic nitrogens is 2. The van der Waals surface area contributed by atoms with Crippen LogP contribution in [0.5, 0.6) is 5.75 Å². The lowest BCUT2D eigenvalue weighted by Gasteiger charge is -2.19. The number of esters is 1. The standard InChI is InChI=1S/C16H17BrN2O4/c1-9(2)14(22-12-5-3-11(17)4-6-12)15-18-16(23-19-15)10-7-13(20)21-8-10/h3-6,9-10,14H,7-8H2,1-2H3. The van der Waals surface area contributed by atoms with Crippen LogP contribution in [0.4, 0.5) is 0 Å². The molecule has 1 aromatic carbocycles. The van der Waals surface area contributed by atoms with Crippen LogP contribution in [-0.2, 0) is 9.53 Å². The summed E-state index contributed by atoms with van der Waals surface area (Å²) in [5.41, 5.74) is 0. The molecule has 1 saturated heterocycles. The number of cyclic esters (lactones) is 1. The van der Waals surface area contributed by atoms with Gasteiger partial charge in [0.15, 0.2) is 6.10 Å². The largest absolute Gasteiger partial charge is 0.482 e. The van der Waals surface area contributed by atoms with E-state index >= 15 is 0 Å². The van der Waals surface area contributed by atoms with Crippen molar-refractivity contribution in [2.45, 2.75) is 32.3 Å². The summed E-state index contributed by atoms with van der Waals surface area (Å²) in [6.07, 6.45) is -0.0478. The van der Waals surface area contributed by atoms with Crippen molar-refractivity contribution in [3.8, 4) is 5.75 Å². The Morgan fingerprint density at radius 1 is 1.30 bits per heavy atom. The molecule has 2 unspecified atom stereocenters. The SMILES string of the molecule is CC(C)C(Oc1ccc(Br)cc1)c1noc(C2COC(=O)C2)n1. The number of ether oxygens (including phenoxy) is 2. The molecule has 2 aromatic rings. The minimum Gasteiger partial charge on any atom is -0.482 e. The molecule has 1 aliphatic rings. The molecule has 7 heteroatoms. The molecule has 1 fully saturated rings. The van der Waals surface area contributed by atoms with Gasteiger partial charge in [0.05, 0.1) is 12.3 Å². The van der Waals surface area contributed by atoms with Crippen LogP contribution in [0.2, 0.25) is 0 Å². The van der Waals surface area contributed by atoms with E-state index < -0.39 is 0 Å². The van der Waals surface area contributed by atoms with E-state index in [2.05, 4.69) is 26.1 Å². The minimum absolute atomic E-state index is 0.158. The van der Waals surface area contributed by atoms with Crippen LogP contribution in [0, 0.1) is 5.92 Å². The molecule has 0 N–H and O–H groups in total. The second-order valence-corrected chi connectivity index (χ2v) is 6.73. The summed E-state index contributed by atoms with van der Waals surface area (Å²) in [6, 6.07) is 7.58. The number of carbonyl (C=O) groups is 1. The van der Waals surface area contributed by atoms with E-state index in [1.807, 2.05) is 38.1 Å². The van der Waals surface area contributed by atoms with Gasteiger partial charge in [-0.15, -0.1) is 0 Å². The Morgan fingerprint density at radius 3 is 2.65 bits per heavy atom. The zero-order valence-corrected chi connectivity index (χ0v) is 14.4. The highest BCUT2D eigenvalue weighted by Crippen LogP contribution is 2.30. The molecule has 0 amide bonds. The van der Waals surface area contributed by atoms with Crippen molar-refractivity contribution in [2.24, 2.45) is 5.92 Å². The number of hydrogen-bond donors (Lipinski definition) is 0. The number of benzene rings is 1. The Labute approximate surface area is 142 Å². The molecule has 2 atom stereocenters. The molecule has 0 bridgehead atoms. The van der Waals surface area contributed by atoms with Crippen molar-refractivity contribution in [3.05, 3.63) is 40.5 Å². The first-order valence-electron chi connectivity index (χ1n) is 7.44. The van der Waals surface area contributed by atoms with E-state index in [1.165, 1.54) is 0 Å². The first-order valence-corrected chi connectivity index (χ1v) is 8.23. The Bertz CT molecular complexity index is 684. The number of rotatable bonds is 5. The number of hydrogen-bond acceptors (Lipinski definition) is 6. The maximum absolute atomic E-state index is 11.2. The van der Waals surface area contributed by atoms with E-state index in [4.69, 9.17) is 14.0 Å². The maximum atomic E-state index is 11.2. The minimum atomic E-state index is -0.327. The fourth-order valence-corrected chi connectivity index (χ4v) is 2.61. The highest BCUT2D eigenvalue weighted by atomic mass is 79.9. The van der Waals surface area contributed by atoms with Gasteiger partial charge in [-0.3, -0.25) is 4.79 Å². The molecule has 0 saturated carbocycles. The molecule has 1 aliphatic heterocycles. The summed E-state index contributed by atoms with van der Waals surface area (Å²) in [6.45, 7) is 4.35. The van der Waals surface area contributed by atoms with Crippen molar-refractivity contribution < 1.29 is 18.8 Å². The van der Waals surface area contributed by atoms with Crippen LogP contribution >= 0.6 is 15.9 Å². The van der Waals surface area contributed by atoms with Gasteiger partial charge in [-0.25, -0.2) is 0 Å². The van der Waals surface area contributed by atoms with Crippen LogP contribution in [0.15, 0.2) is 33.3 Å². The van der Waals surface area contributed by atoms with Crippen molar-refractivity contribution in [3.63, 3.8) is 0 Å². The fourth-order valence-electron chi connectivity index (χ4n) is 2.35. The van der Waals surface area contributed by atoms with E-state index in [0.29, 0.717) is 18.3 Å². The first-order chi connectivity index (χ1) is 11.0. The van der Waals surface area contributed by atoms with E-state index in [1.54, 1.807) is 0 Å². The Kier molecular flexibility index (Phi) is 4.66. The molecule has 23 heavy (non-hydrogen) atoms. The van der Waals surface area contributed by atoms with E-state index in [0.717, 1.165) is 10.2 Å². The van der Waals surface area contributed by atoms with Gasteiger partial charge in [-0.1, -0.05) is 34.9 Å². The van der Waals surface area contributed by atoms with Crippen LogP contribution in [0.3, 0.4) is 0 Å². The zero-order valence-electron chi connectivity index (χ0n) is 12.9. The summed E-state index contributed by atoms with van der Waals surface area (Å²) in [4.78, 5) is 15.6.